The van der Waals surface area contributed by atoms with Crippen molar-refractivity contribution in [3.8, 4) is 0 Å². The highest BCUT2D eigenvalue weighted by Crippen LogP contribution is 2.37. The van der Waals surface area contributed by atoms with Gasteiger partial charge in [-0.2, -0.15) is 0 Å². The van der Waals surface area contributed by atoms with Crippen LogP contribution in [0.25, 0.3) is 0 Å². The largest absolute Gasteiger partial charge is 0.461 e. The molecule has 2 atom stereocenters. The van der Waals surface area contributed by atoms with Crippen LogP contribution in [-0.4, -0.2) is 11.6 Å². The van der Waals surface area contributed by atoms with Gasteiger partial charge in [0.1, 0.15) is 5.78 Å². The van der Waals surface area contributed by atoms with Crippen molar-refractivity contribution >= 4 is 11.6 Å². The van der Waals surface area contributed by atoms with Crippen molar-refractivity contribution < 1.29 is 14.0 Å². The predicted octanol–water partition coefficient (Wildman–Crippen LogP) is 4.40. The number of ketones is 2. The van der Waals surface area contributed by atoms with Crippen molar-refractivity contribution in [3.63, 3.8) is 0 Å². The zero-order chi connectivity index (χ0) is 15.4. The average molecular weight is 296 g/mol. The van der Waals surface area contributed by atoms with E-state index in [4.69, 9.17) is 4.42 Å². The molecule has 0 bridgehead atoms. The highest BCUT2D eigenvalue weighted by Gasteiger charge is 2.33. The van der Waals surface area contributed by atoms with Gasteiger partial charge in [-0.15, -0.1) is 0 Å². The Morgan fingerprint density at radius 3 is 2.64 bits per heavy atom. The maximum Gasteiger partial charge on any atom is 0.198 e. The lowest BCUT2D eigenvalue weighted by Crippen LogP contribution is -2.27. The molecule has 1 fully saturated rings. The third-order valence-corrected chi connectivity index (χ3v) is 4.52. The van der Waals surface area contributed by atoms with Crippen molar-refractivity contribution in [2.24, 2.45) is 5.92 Å². The highest BCUT2D eigenvalue weighted by molar-refractivity contribution is 5.94. The molecule has 3 nitrogen and oxygen atoms in total. The van der Waals surface area contributed by atoms with Gasteiger partial charge in [-0.25, -0.2) is 0 Å². The molecule has 1 aromatic carbocycles. The van der Waals surface area contributed by atoms with Crippen molar-refractivity contribution in [3.05, 3.63) is 60.1 Å². The molecular weight excluding hydrogens is 276 g/mol. The van der Waals surface area contributed by atoms with Gasteiger partial charge in [-0.3, -0.25) is 9.59 Å². The Balaban J connectivity index is 1.86. The Morgan fingerprint density at radius 2 is 1.95 bits per heavy atom. The zero-order valence-electron chi connectivity index (χ0n) is 12.5. The topological polar surface area (TPSA) is 47.3 Å². The van der Waals surface area contributed by atoms with Gasteiger partial charge in [0, 0.05) is 24.7 Å². The molecule has 0 N–H and O–H groups in total. The molecular formula is C19H20O3. The van der Waals surface area contributed by atoms with Gasteiger partial charge < -0.3 is 4.42 Å². The summed E-state index contributed by atoms with van der Waals surface area (Å²) in [5.74, 6) is 0.551. The van der Waals surface area contributed by atoms with Crippen molar-refractivity contribution in [1.82, 2.24) is 0 Å². The van der Waals surface area contributed by atoms with Gasteiger partial charge in [0.2, 0.25) is 0 Å². The standard InChI is InChI=1S/C19H20O3/c20-17-10-5-4-9-15(17)16(14-7-2-1-3-8-14)13-18(21)19-11-6-12-22-19/h1-3,6-8,11-12,15-16H,4-5,9-10,13H2/t15-,16-/m1/s1. The number of hydrogen-bond acceptors (Lipinski definition) is 3. The monoisotopic (exact) mass is 296 g/mol. The molecule has 1 aliphatic carbocycles. The summed E-state index contributed by atoms with van der Waals surface area (Å²) in [6.07, 6.45) is 5.40. The van der Waals surface area contributed by atoms with Gasteiger partial charge in [0.15, 0.2) is 11.5 Å². The Bertz CT molecular complexity index is 628. The molecule has 0 spiro atoms. The lowest BCUT2D eigenvalue weighted by atomic mass is 9.74. The van der Waals surface area contributed by atoms with E-state index in [-0.39, 0.29) is 17.6 Å². The summed E-state index contributed by atoms with van der Waals surface area (Å²) in [4.78, 5) is 24.8. The summed E-state index contributed by atoms with van der Waals surface area (Å²) in [6, 6.07) is 13.3. The molecule has 3 heteroatoms. The normalized spacial score (nSPS) is 19.8. The quantitative estimate of drug-likeness (QED) is 0.768. The maximum atomic E-state index is 12.4. The van der Waals surface area contributed by atoms with E-state index >= 15 is 0 Å². The summed E-state index contributed by atoms with van der Waals surface area (Å²) < 4.78 is 5.21. The maximum absolute atomic E-state index is 12.4. The number of rotatable bonds is 5. The first-order valence-electron chi connectivity index (χ1n) is 7.90. The minimum absolute atomic E-state index is 0.0303. The van der Waals surface area contributed by atoms with Crippen LogP contribution in [0.3, 0.4) is 0 Å². The third kappa shape index (κ3) is 3.19. The van der Waals surface area contributed by atoms with Crippen LogP contribution in [0.2, 0.25) is 0 Å². The fraction of sp³-hybridized carbons (Fsp3) is 0.368. The van der Waals surface area contributed by atoms with Crippen LogP contribution in [0, 0.1) is 5.92 Å². The fourth-order valence-corrected chi connectivity index (χ4v) is 3.37. The van der Waals surface area contributed by atoms with Gasteiger partial charge in [-0.05, 0) is 30.5 Å². The molecule has 22 heavy (non-hydrogen) atoms. The number of benzene rings is 1. The van der Waals surface area contributed by atoms with Gasteiger partial charge in [-0.1, -0.05) is 36.8 Å². The minimum atomic E-state index is -0.0494. The number of furan rings is 1. The van der Waals surface area contributed by atoms with E-state index in [1.54, 1.807) is 12.1 Å². The molecule has 0 radical (unpaired) electrons. The Hall–Kier alpha value is -2.16. The van der Waals surface area contributed by atoms with Crippen molar-refractivity contribution in [1.29, 1.82) is 0 Å². The summed E-state index contributed by atoms with van der Waals surface area (Å²) in [7, 11) is 0. The zero-order valence-corrected chi connectivity index (χ0v) is 12.5. The van der Waals surface area contributed by atoms with E-state index in [1.165, 1.54) is 6.26 Å². The Kier molecular flexibility index (Phi) is 4.52. The average Bonchev–Trinajstić information content (AvgIpc) is 3.09. The van der Waals surface area contributed by atoms with E-state index < -0.39 is 0 Å². The predicted molar refractivity (Wildman–Crippen MR) is 83.8 cm³/mol. The lowest BCUT2D eigenvalue weighted by Gasteiger charge is -2.29. The molecule has 1 saturated carbocycles. The molecule has 1 heterocycles. The van der Waals surface area contributed by atoms with Crippen LogP contribution in [0.5, 0.6) is 0 Å². The molecule has 2 aromatic rings. The molecule has 0 amide bonds. The van der Waals surface area contributed by atoms with Gasteiger partial charge >= 0.3 is 0 Å². The van der Waals surface area contributed by atoms with Crippen LogP contribution in [0.1, 0.15) is 54.1 Å². The second-order valence-corrected chi connectivity index (χ2v) is 5.94. The summed E-state index contributed by atoms with van der Waals surface area (Å²) in [6.45, 7) is 0. The van der Waals surface area contributed by atoms with Gasteiger partial charge in [0.25, 0.3) is 0 Å². The van der Waals surface area contributed by atoms with Crippen LogP contribution in [-0.2, 0) is 4.79 Å². The summed E-state index contributed by atoms with van der Waals surface area (Å²) >= 11 is 0. The van der Waals surface area contributed by atoms with E-state index in [9.17, 15) is 9.59 Å². The second kappa shape index (κ2) is 6.73. The van der Waals surface area contributed by atoms with E-state index in [1.807, 2.05) is 30.3 Å². The molecule has 0 unspecified atom stereocenters. The molecule has 0 aliphatic heterocycles. The third-order valence-electron chi connectivity index (χ3n) is 4.52. The lowest BCUT2D eigenvalue weighted by molar-refractivity contribution is -0.125. The van der Waals surface area contributed by atoms with E-state index in [0.717, 1.165) is 24.8 Å². The van der Waals surface area contributed by atoms with Crippen LogP contribution < -0.4 is 0 Å². The van der Waals surface area contributed by atoms with Crippen molar-refractivity contribution in [2.45, 2.75) is 38.0 Å². The van der Waals surface area contributed by atoms with Crippen LogP contribution in [0.4, 0.5) is 0 Å². The van der Waals surface area contributed by atoms with Gasteiger partial charge in [0.05, 0.1) is 6.26 Å². The van der Waals surface area contributed by atoms with E-state index in [2.05, 4.69) is 0 Å². The number of carbonyl (C=O) groups is 2. The Morgan fingerprint density at radius 1 is 1.14 bits per heavy atom. The minimum Gasteiger partial charge on any atom is -0.461 e. The van der Waals surface area contributed by atoms with Crippen molar-refractivity contribution in [2.75, 3.05) is 0 Å². The summed E-state index contributed by atoms with van der Waals surface area (Å²) in [5.41, 5.74) is 1.07. The molecule has 114 valence electrons. The number of carbonyl (C=O) groups excluding carboxylic acids is 2. The van der Waals surface area contributed by atoms with Crippen LogP contribution >= 0.6 is 0 Å². The second-order valence-electron chi connectivity index (χ2n) is 5.94. The molecule has 0 saturated heterocycles. The Labute approximate surface area is 130 Å². The fourth-order valence-electron chi connectivity index (χ4n) is 3.37. The highest BCUT2D eigenvalue weighted by atomic mass is 16.3. The number of Topliss-reactive ketones (excluding diaryl/α,β-unsaturated/α-hetero) is 2. The van der Waals surface area contributed by atoms with Crippen LogP contribution in [0.15, 0.2) is 53.1 Å². The first-order valence-corrected chi connectivity index (χ1v) is 7.90. The SMILES string of the molecule is O=C(C[C@H](c1ccccc1)[C@H]1CCCCC1=O)c1ccco1. The first-order chi connectivity index (χ1) is 10.8. The summed E-state index contributed by atoms with van der Waals surface area (Å²) in [5, 5.41) is 0. The molecule has 1 aliphatic rings. The molecule has 1 aromatic heterocycles. The molecule has 3 rings (SSSR count). The number of hydrogen-bond donors (Lipinski definition) is 0. The first kappa shape index (κ1) is 14.8. The van der Waals surface area contributed by atoms with E-state index in [0.29, 0.717) is 24.4 Å². The smallest absolute Gasteiger partial charge is 0.198 e.